The molecule has 7 nitrogen and oxygen atoms in total. The summed E-state index contributed by atoms with van der Waals surface area (Å²) in [4.78, 5) is 31.4. The summed E-state index contributed by atoms with van der Waals surface area (Å²) >= 11 is 6.36. The van der Waals surface area contributed by atoms with Gasteiger partial charge >= 0.3 is 12.1 Å². The van der Waals surface area contributed by atoms with Gasteiger partial charge in [0.05, 0.1) is 17.3 Å². The summed E-state index contributed by atoms with van der Waals surface area (Å²) < 4.78 is 48.5. The van der Waals surface area contributed by atoms with Crippen LogP contribution < -0.4 is 0 Å². The molecule has 0 saturated carbocycles. The number of halogens is 4. The topological polar surface area (TPSA) is 114 Å². The molecule has 1 aliphatic carbocycles. The van der Waals surface area contributed by atoms with Gasteiger partial charge in [-0.25, -0.2) is 9.78 Å². The Morgan fingerprint density at radius 1 is 1.16 bits per heavy atom. The smallest absolute Gasteiger partial charge is 0.425 e. The Kier molecular flexibility index (Phi) is 6.83. The second-order valence-electron chi connectivity index (χ2n) is 8.64. The lowest BCUT2D eigenvalue weighted by Crippen LogP contribution is -2.46. The summed E-state index contributed by atoms with van der Waals surface area (Å²) in [7, 11) is 0. The lowest BCUT2D eigenvalue weighted by atomic mass is 9.80. The van der Waals surface area contributed by atoms with Gasteiger partial charge in [0, 0.05) is 34.8 Å². The van der Waals surface area contributed by atoms with Crippen LogP contribution in [0.3, 0.4) is 0 Å². The monoisotopic (exact) mass is 532 g/mol. The zero-order chi connectivity index (χ0) is 27.1. The second-order valence-corrected chi connectivity index (χ2v) is 9.04. The van der Waals surface area contributed by atoms with E-state index in [4.69, 9.17) is 16.0 Å². The quantitative estimate of drug-likeness (QED) is 0.412. The van der Waals surface area contributed by atoms with Crippen molar-refractivity contribution in [2.24, 2.45) is 5.92 Å². The molecule has 0 radical (unpaired) electrons. The van der Waals surface area contributed by atoms with Gasteiger partial charge in [-0.1, -0.05) is 49.7 Å². The number of aliphatic hydroxyl groups is 1. The van der Waals surface area contributed by atoms with Crippen molar-refractivity contribution < 1.29 is 37.4 Å². The first-order chi connectivity index (χ1) is 17.3. The third-order valence-electron chi connectivity index (χ3n) is 6.30. The molecule has 0 fully saturated rings. The van der Waals surface area contributed by atoms with Crippen LogP contribution in [0.1, 0.15) is 47.3 Å². The number of carbonyl (C=O) groups excluding carboxylic acids is 1. The van der Waals surface area contributed by atoms with Crippen molar-refractivity contribution in [1.29, 1.82) is 0 Å². The summed E-state index contributed by atoms with van der Waals surface area (Å²) in [5.41, 5.74) is -2.85. The molecule has 4 rings (SSSR count). The van der Waals surface area contributed by atoms with E-state index in [1.54, 1.807) is 19.1 Å². The number of Topliss-reactive ketones (excluding diaryl/α,β-unsaturated/α-hetero) is 1. The zero-order valence-corrected chi connectivity index (χ0v) is 20.2. The van der Waals surface area contributed by atoms with Crippen LogP contribution in [-0.4, -0.2) is 38.1 Å². The summed E-state index contributed by atoms with van der Waals surface area (Å²) in [5.74, 6) is -4.95. The van der Waals surface area contributed by atoms with Gasteiger partial charge in [-0.05, 0) is 29.3 Å². The van der Waals surface area contributed by atoms with E-state index in [0.717, 1.165) is 19.3 Å². The van der Waals surface area contributed by atoms with Crippen molar-refractivity contribution in [3.8, 4) is 11.1 Å². The number of aromatic carboxylic acids is 1. The van der Waals surface area contributed by atoms with Gasteiger partial charge in [-0.3, -0.25) is 9.78 Å². The van der Waals surface area contributed by atoms with E-state index in [2.05, 4.69) is 9.97 Å². The van der Waals surface area contributed by atoms with E-state index < -0.39 is 35.3 Å². The molecule has 0 spiro atoms. The number of nitrogens with zero attached hydrogens (tertiary/aromatic N) is 2. The molecule has 0 saturated heterocycles. The molecule has 3 aromatic rings. The number of carboxylic acids is 1. The molecule has 3 atom stereocenters. The highest BCUT2D eigenvalue weighted by Gasteiger charge is 2.61. The third-order valence-corrected chi connectivity index (χ3v) is 6.63. The molecule has 2 heterocycles. The van der Waals surface area contributed by atoms with Gasteiger partial charge in [0.15, 0.2) is 11.5 Å². The lowest BCUT2D eigenvalue weighted by Gasteiger charge is -2.34. The van der Waals surface area contributed by atoms with Crippen molar-refractivity contribution in [3.05, 3.63) is 88.9 Å². The Morgan fingerprint density at radius 2 is 1.89 bits per heavy atom. The number of rotatable bonds is 6. The summed E-state index contributed by atoms with van der Waals surface area (Å²) in [6.07, 6.45) is 2.69. The fraction of sp³-hybridized carbons (Fsp3) is 0.231. The molecule has 0 bridgehead atoms. The average Bonchev–Trinajstić information content (AvgIpc) is 3.34. The minimum Gasteiger partial charge on any atom is -0.478 e. The van der Waals surface area contributed by atoms with Crippen molar-refractivity contribution in [3.63, 3.8) is 0 Å². The van der Waals surface area contributed by atoms with Crippen molar-refractivity contribution in [1.82, 2.24) is 9.97 Å². The van der Waals surface area contributed by atoms with Crippen LogP contribution in [0.2, 0.25) is 5.02 Å². The molecule has 37 heavy (non-hydrogen) atoms. The van der Waals surface area contributed by atoms with Crippen LogP contribution in [0.4, 0.5) is 13.2 Å². The van der Waals surface area contributed by atoms with Crippen molar-refractivity contribution in [2.75, 3.05) is 0 Å². The Hall–Kier alpha value is -3.76. The first kappa shape index (κ1) is 26.3. The summed E-state index contributed by atoms with van der Waals surface area (Å²) in [5, 5.41) is 20.1. The largest absolute Gasteiger partial charge is 0.478 e. The zero-order valence-electron chi connectivity index (χ0n) is 19.5. The van der Waals surface area contributed by atoms with E-state index in [1.807, 2.05) is 0 Å². The molecule has 11 heteroatoms. The predicted molar refractivity (Wildman–Crippen MR) is 128 cm³/mol. The number of hydrogen-bond donors (Lipinski definition) is 2. The second kappa shape index (κ2) is 9.60. The maximum absolute atomic E-state index is 14.4. The minimum atomic E-state index is -5.21. The Labute approximate surface area is 213 Å². The SMILES string of the molecule is CC1C=CC=C(c2ncc(C(O)(C(C)c3ccc(-c4cncc(C(=O)O)c4)cc3Cl)C(F)(F)F)o2)C1=O. The highest BCUT2D eigenvalue weighted by Crippen LogP contribution is 2.50. The van der Waals surface area contributed by atoms with E-state index >= 15 is 0 Å². The predicted octanol–water partition coefficient (Wildman–Crippen LogP) is 5.80. The van der Waals surface area contributed by atoms with Crippen molar-refractivity contribution in [2.45, 2.75) is 31.5 Å². The van der Waals surface area contributed by atoms with Crippen LogP contribution in [0, 0.1) is 5.92 Å². The average molecular weight is 533 g/mol. The third kappa shape index (κ3) is 4.70. The fourth-order valence-corrected chi connectivity index (χ4v) is 4.43. The first-order valence-electron chi connectivity index (χ1n) is 11.0. The Balaban J connectivity index is 1.73. The molecular weight excluding hydrogens is 513 g/mol. The number of carbonyl (C=O) groups is 2. The maximum atomic E-state index is 14.4. The number of ketones is 1. The lowest BCUT2D eigenvalue weighted by molar-refractivity contribution is -0.280. The number of alkyl halides is 3. The molecule has 2 N–H and O–H groups in total. The Bertz CT molecular complexity index is 1450. The summed E-state index contributed by atoms with van der Waals surface area (Å²) in [6.45, 7) is 2.77. The normalized spacial score (nSPS) is 18.3. The van der Waals surface area contributed by atoms with Crippen LogP contribution in [0.15, 0.2) is 65.5 Å². The molecule has 0 aliphatic heterocycles. The van der Waals surface area contributed by atoms with Gasteiger partial charge in [0.1, 0.15) is 0 Å². The van der Waals surface area contributed by atoms with E-state index in [0.29, 0.717) is 11.1 Å². The van der Waals surface area contributed by atoms with Gasteiger partial charge in [-0.15, -0.1) is 0 Å². The number of hydrogen-bond acceptors (Lipinski definition) is 6. The fourth-order valence-electron chi connectivity index (χ4n) is 4.08. The van der Waals surface area contributed by atoms with E-state index in [1.165, 1.54) is 36.5 Å². The van der Waals surface area contributed by atoms with E-state index in [9.17, 15) is 33.0 Å². The molecule has 1 aromatic carbocycles. The van der Waals surface area contributed by atoms with Crippen LogP contribution in [-0.2, 0) is 10.4 Å². The number of allylic oxidation sites excluding steroid dienone is 4. The van der Waals surface area contributed by atoms with Gasteiger partial charge in [0.25, 0.3) is 0 Å². The summed E-state index contributed by atoms with van der Waals surface area (Å²) in [6, 6.07) is 5.47. The van der Waals surface area contributed by atoms with E-state index in [-0.39, 0.29) is 33.4 Å². The Morgan fingerprint density at radius 3 is 2.54 bits per heavy atom. The molecule has 2 aromatic heterocycles. The number of aromatic nitrogens is 2. The molecule has 0 amide bonds. The number of carboxylic acid groups (broad SMARTS) is 1. The molecule has 3 unspecified atom stereocenters. The van der Waals surface area contributed by atoms with Gasteiger partial charge in [-0.2, -0.15) is 13.2 Å². The number of oxazole rings is 1. The highest BCUT2D eigenvalue weighted by atomic mass is 35.5. The van der Waals surface area contributed by atoms with Crippen LogP contribution in [0.5, 0.6) is 0 Å². The molecule has 192 valence electrons. The number of benzene rings is 1. The van der Waals surface area contributed by atoms with Crippen molar-refractivity contribution >= 4 is 28.9 Å². The highest BCUT2D eigenvalue weighted by molar-refractivity contribution is 6.31. The molecule has 1 aliphatic rings. The first-order valence-corrected chi connectivity index (χ1v) is 11.4. The van der Waals surface area contributed by atoms with Crippen LogP contribution >= 0.6 is 11.6 Å². The van der Waals surface area contributed by atoms with Gasteiger partial charge in [0.2, 0.25) is 11.5 Å². The minimum absolute atomic E-state index is 0.00184. The number of pyridine rings is 1. The van der Waals surface area contributed by atoms with Gasteiger partial charge < -0.3 is 14.6 Å². The standard InChI is InChI=1S/C26H20ClF3N2O5/c1-13-4-3-5-19(22(13)33)23-32-12-21(37-23)25(36,26(28,29)30)14(2)18-7-6-15(9-20(18)27)16-8-17(24(34)35)11-31-10-16/h3-14,36H,1-2H3,(H,34,35). The van der Waals surface area contributed by atoms with Crippen LogP contribution in [0.25, 0.3) is 16.7 Å². The maximum Gasteiger partial charge on any atom is 0.425 e. The molecular formula is C26H20ClF3N2O5.